The molecule has 0 aromatic heterocycles. The molecular formula is C33H40ClN3O4S. The van der Waals surface area contributed by atoms with Crippen molar-refractivity contribution in [3.8, 4) is 0 Å². The van der Waals surface area contributed by atoms with Crippen LogP contribution in [0, 0.1) is 13.8 Å². The summed E-state index contributed by atoms with van der Waals surface area (Å²) in [6.45, 7) is 5.25. The fraction of sp³-hybridized carbons (Fsp3) is 0.394. The van der Waals surface area contributed by atoms with Gasteiger partial charge >= 0.3 is 0 Å². The molecule has 4 rings (SSSR count). The van der Waals surface area contributed by atoms with Crippen LogP contribution in [0.5, 0.6) is 0 Å². The van der Waals surface area contributed by atoms with E-state index in [4.69, 9.17) is 11.6 Å². The van der Waals surface area contributed by atoms with Gasteiger partial charge in [0.2, 0.25) is 11.8 Å². The number of nitrogens with one attached hydrogen (secondary N) is 1. The molecule has 1 aliphatic rings. The van der Waals surface area contributed by atoms with Crippen LogP contribution in [0.3, 0.4) is 0 Å². The fourth-order valence-corrected chi connectivity index (χ4v) is 6.96. The minimum Gasteiger partial charge on any atom is -0.352 e. The highest BCUT2D eigenvalue weighted by atomic mass is 35.5. The molecule has 1 atom stereocenters. The zero-order valence-electron chi connectivity index (χ0n) is 24.6. The Kier molecular flexibility index (Phi) is 10.7. The molecular weight excluding hydrogens is 570 g/mol. The Morgan fingerprint density at radius 2 is 1.50 bits per heavy atom. The van der Waals surface area contributed by atoms with Crippen molar-refractivity contribution in [3.05, 3.63) is 94.5 Å². The second-order valence-corrected chi connectivity index (χ2v) is 13.3. The molecule has 1 N–H and O–H groups in total. The second-order valence-electron chi connectivity index (χ2n) is 11.0. The molecule has 2 amide bonds. The monoisotopic (exact) mass is 609 g/mol. The van der Waals surface area contributed by atoms with E-state index >= 15 is 0 Å². The molecule has 0 spiro atoms. The molecule has 42 heavy (non-hydrogen) atoms. The summed E-state index contributed by atoms with van der Waals surface area (Å²) in [6.07, 6.45) is 5.47. The summed E-state index contributed by atoms with van der Waals surface area (Å²) in [5.41, 5.74) is 2.93. The highest BCUT2D eigenvalue weighted by Crippen LogP contribution is 2.27. The van der Waals surface area contributed by atoms with Crippen LogP contribution in [0.15, 0.2) is 77.7 Å². The van der Waals surface area contributed by atoms with Gasteiger partial charge < -0.3 is 10.2 Å². The van der Waals surface area contributed by atoms with E-state index in [-0.39, 0.29) is 23.4 Å². The molecule has 0 aliphatic heterocycles. The predicted molar refractivity (Wildman–Crippen MR) is 168 cm³/mol. The fourth-order valence-electron chi connectivity index (χ4n) is 5.35. The Morgan fingerprint density at radius 1 is 0.905 bits per heavy atom. The molecule has 0 bridgehead atoms. The Hall–Kier alpha value is -3.36. The first-order valence-electron chi connectivity index (χ1n) is 14.6. The van der Waals surface area contributed by atoms with Crippen molar-refractivity contribution in [1.82, 2.24) is 10.2 Å². The van der Waals surface area contributed by atoms with E-state index < -0.39 is 28.5 Å². The van der Waals surface area contributed by atoms with E-state index in [0.29, 0.717) is 22.7 Å². The van der Waals surface area contributed by atoms with Gasteiger partial charge in [-0.2, -0.15) is 0 Å². The summed E-state index contributed by atoms with van der Waals surface area (Å²) in [4.78, 5) is 29.4. The summed E-state index contributed by atoms with van der Waals surface area (Å²) in [5.74, 6) is -0.718. The highest BCUT2D eigenvalue weighted by Gasteiger charge is 2.34. The number of anilines is 1. The third-order valence-corrected chi connectivity index (χ3v) is 10.0. The molecule has 0 radical (unpaired) electrons. The van der Waals surface area contributed by atoms with Crippen LogP contribution >= 0.6 is 11.6 Å². The Balaban J connectivity index is 1.71. The van der Waals surface area contributed by atoms with Gasteiger partial charge in [-0.1, -0.05) is 91.4 Å². The van der Waals surface area contributed by atoms with Crippen LogP contribution in [0.4, 0.5) is 5.69 Å². The van der Waals surface area contributed by atoms with Gasteiger partial charge in [-0.15, -0.1) is 0 Å². The predicted octanol–water partition coefficient (Wildman–Crippen LogP) is 6.41. The summed E-state index contributed by atoms with van der Waals surface area (Å²) < 4.78 is 29.1. The van der Waals surface area contributed by atoms with Crippen LogP contribution in [0.2, 0.25) is 5.02 Å². The number of aryl methyl sites for hydroxylation is 2. The lowest BCUT2D eigenvalue weighted by Gasteiger charge is -2.34. The van der Waals surface area contributed by atoms with Crippen LogP contribution in [-0.4, -0.2) is 43.8 Å². The smallest absolute Gasteiger partial charge is 0.264 e. The lowest BCUT2D eigenvalue weighted by atomic mass is 9.95. The van der Waals surface area contributed by atoms with E-state index in [9.17, 15) is 18.0 Å². The Morgan fingerprint density at radius 3 is 2.10 bits per heavy atom. The highest BCUT2D eigenvalue weighted by molar-refractivity contribution is 7.92. The molecule has 3 aromatic rings. The SMILES string of the molecule is CC[C@@H](C(=O)NC1CCCCC1)N(Cc1ccccc1Cl)C(=O)CN(c1ccc(C)cc1)S(=O)(=O)c1ccc(C)cc1. The number of nitrogens with zero attached hydrogens (tertiary/aromatic N) is 2. The van der Waals surface area contributed by atoms with E-state index in [1.54, 1.807) is 48.5 Å². The Labute approximate surface area is 254 Å². The average molecular weight is 610 g/mol. The van der Waals surface area contributed by atoms with Crippen LogP contribution in [0.1, 0.15) is 62.1 Å². The van der Waals surface area contributed by atoms with Gasteiger partial charge in [-0.25, -0.2) is 8.42 Å². The van der Waals surface area contributed by atoms with Crippen molar-refractivity contribution in [2.45, 2.75) is 82.8 Å². The van der Waals surface area contributed by atoms with Gasteiger partial charge in [-0.3, -0.25) is 13.9 Å². The second kappa shape index (κ2) is 14.2. The number of rotatable bonds is 11. The van der Waals surface area contributed by atoms with Crippen LogP contribution < -0.4 is 9.62 Å². The molecule has 0 unspecified atom stereocenters. The standard InChI is InChI=1S/C33H40ClN3O4S/c1-4-31(33(39)35-27-11-6-5-7-12-27)36(22-26-10-8-9-13-30(26)34)32(38)23-37(28-18-14-24(2)15-19-28)42(40,41)29-20-16-25(3)17-21-29/h8-10,13-21,27,31H,4-7,11-12,22-23H2,1-3H3,(H,35,39)/t31-/m0/s1. The van der Waals surface area contributed by atoms with Gasteiger partial charge in [0.15, 0.2) is 0 Å². The maximum absolute atomic E-state index is 14.2. The van der Waals surface area contributed by atoms with Crippen LogP contribution in [-0.2, 0) is 26.2 Å². The number of carbonyl (C=O) groups excluding carboxylic acids is 2. The maximum Gasteiger partial charge on any atom is 0.264 e. The van der Waals surface area contributed by atoms with Crippen molar-refractivity contribution in [3.63, 3.8) is 0 Å². The molecule has 3 aromatic carbocycles. The largest absolute Gasteiger partial charge is 0.352 e. The van der Waals surface area contributed by atoms with Gasteiger partial charge in [0.25, 0.3) is 10.0 Å². The first-order valence-corrected chi connectivity index (χ1v) is 16.4. The molecule has 0 saturated heterocycles. The van der Waals surface area contributed by atoms with Crippen molar-refractivity contribution in [2.24, 2.45) is 0 Å². The van der Waals surface area contributed by atoms with Gasteiger partial charge in [0.05, 0.1) is 10.6 Å². The molecule has 1 saturated carbocycles. The first kappa shape index (κ1) is 31.6. The lowest BCUT2D eigenvalue weighted by molar-refractivity contribution is -0.140. The van der Waals surface area contributed by atoms with Crippen molar-refractivity contribution in [2.75, 3.05) is 10.8 Å². The third kappa shape index (κ3) is 7.72. The van der Waals surface area contributed by atoms with Crippen molar-refractivity contribution >= 4 is 39.1 Å². The summed E-state index contributed by atoms with van der Waals surface area (Å²) in [7, 11) is -4.11. The van der Waals surface area contributed by atoms with E-state index in [1.165, 1.54) is 4.90 Å². The molecule has 1 aliphatic carbocycles. The Bertz CT molecular complexity index is 1470. The molecule has 7 nitrogen and oxygen atoms in total. The number of carbonyl (C=O) groups is 2. The molecule has 9 heteroatoms. The minimum atomic E-state index is -4.11. The molecule has 0 heterocycles. The topological polar surface area (TPSA) is 86.8 Å². The number of amides is 2. The third-order valence-electron chi connectivity index (χ3n) is 7.85. The van der Waals surface area contributed by atoms with Gasteiger partial charge in [-0.05, 0) is 69.0 Å². The normalized spacial score (nSPS) is 14.7. The summed E-state index contributed by atoms with van der Waals surface area (Å²) >= 11 is 6.49. The summed E-state index contributed by atoms with van der Waals surface area (Å²) in [5, 5.41) is 3.63. The number of sulfonamides is 1. The van der Waals surface area contributed by atoms with Crippen LogP contribution in [0.25, 0.3) is 0 Å². The number of hydrogen-bond donors (Lipinski definition) is 1. The lowest BCUT2D eigenvalue weighted by Crippen LogP contribution is -2.54. The number of hydrogen-bond acceptors (Lipinski definition) is 4. The van der Waals surface area contributed by atoms with E-state index in [0.717, 1.165) is 47.5 Å². The molecule has 224 valence electrons. The zero-order chi connectivity index (χ0) is 30.3. The maximum atomic E-state index is 14.2. The summed E-state index contributed by atoms with van der Waals surface area (Å²) in [6, 6.07) is 20.0. The zero-order valence-corrected chi connectivity index (χ0v) is 26.1. The quantitative estimate of drug-likeness (QED) is 0.272. The molecule has 1 fully saturated rings. The number of halogens is 1. The van der Waals surface area contributed by atoms with E-state index in [1.807, 2.05) is 45.0 Å². The van der Waals surface area contributed by atoms with Gasteiger partial charge in [0.1, 0.15) is 12.6 Å². The van der Waals surface area contributed by atoms with E-state index in [2.05, 4.69) is 5.32 Å². The minimum absolute atomic E-state index is 0.0709. The number of benzene rings is 3. The van der Waals surface area contributed by atoms with Crippen molar-refractivity contribution < 1.29 is 18.0 Å². The first-order chi connectivity index (χ1) is 20.1. The van der Waals surface area contributed by atoms with Gasteiger partial charge in [0, 0.05) is 17.6 Å². The average Bonchev–Trinajstić information content (AvgIpc) is 2.98. The van der Waals surface area contributed by atoms with Crippen molar-refractivity contribution in [1.29, 1.82) is 0 Å².